The highest BCUT2D eigenvalue weighted by Gasteiger charge is 2.25. The molecule has 0 saturated carbocycles. The summed E-state index contributed by atoms with van der Waals surface area (Å²) in [5.74, 6) is 0.232. The van der Waals surface area contributed by atoms with Crippen molar-refractivity contribution in [2.75, 3.05) is 19.7 Å². The van der Waals surface area contributed by atoms with E-state index in [2.05, 4.69) is 30.5 Å². The fraction of sp³-hybridized carbons (Fsp3) is 0.389. The van der Waals surface area contributed by atoms with E-state index in [1.807, 2.05) is 23.1 Å². The van der Waals surface area contributed by atoms with Gasteiger partial charge in [0.15, 0.2) is 0 Å². The summed E-state index contributed by atoms with van der Waals surface area (Å²) in [6, 6.07) is 12.4. The minimum absolute atomic E-state index is 0.000591. The van der Waals surface area contributed by atoms with Gasteiger partial charge in [-0.05, 0) is 35.9 Å². The molecule has 22 heavy (non-hydrogen) atoms. The lowest BCUT2D eigenvalue weighted by Gasteiger charge is -2.34. The molecule has 2 heterocycles. The van der Waals surface area contributed by atoms with Crippen LogP contribution >= 0.6 is 11.3 Å². The lowest BCUT2D eigenvalue weighted by molar-refractivity contribution is -0.139. The van der Waals surface area contributed by atoms with Crippen LogP contribution in [0.15, 0.2) is 41.8 Å². The van der Waals surface area contributed by atoms with Gasteiger partial charge in [0, 0.05) is 17.8 Å². The molecule has 1 aromatic heterocycles. The maximum Gasteiger partial charge on any atom is 0.223 e. The maximum atomic E-state index is 12.4. The predicted octanol–water partition coefficient (Wildman–Crippen LogP) is 3.59. The van der Waals surface area contributed by atoms with Crippen LogP contribution in [0.5, 0.6) is 0 Å². The number of carbonyl (C=O) groups is 1. The number of rotatable bonds is 4. The van der Waals surface area contributed by atoms with Crippen LogP contribution in [0.4, 0.5) is 0 Å². The molecule has 0 aliphatic carbocycles. The molecule has 1 atom stereocenters. The number of thiophene rings is 1. The van der Waals surface area contributed by atoms with E-state index in [0.29, 0.717) is 26.1 Å². The summed E-state index contributed by atoms with van der Waals surface area (Å²) in [5, 5.41) is 2.06. The minimum atomic E-state index is 0.000591. The van der Waals surface area contributed by atoms with Crippen molar-refractivity contribution in [1.29, 1.82) is 0 Å². The van der Waals surface area contributed by atoms with Crippen molar-refractivity contribution in [2.24, 2.45) is 0 Å². The van der Waals surface area contributed by atoms with Crippen molar-refractivity contribution in [3.63, 3.8) is 0 Å². The molecule has 1 aliphatic rings. The van der Waals surface area contributed by atoms with Crippen LogP contribution in [0, 0.1) is 6.92 Å². The second-order valence-corrected chi connectivity index (χ2v) is 6.67. The Labute approximate surface area is 135 Å². The summed E-state index contributed by atoms with van der Waals surface area (Å²) in [5.41, 5.74) is 2.42. The van der Waals surface area contributed by atoms with Crippen molar-refractivity contribution in [3.05, 3.63) is 57.8 Å². The van der Waals surface area contributed by atoms with Crippen LogP contribution in [0.2, 0.25) is 0 Å². The quantitative estimate of drug-likeness (QED) is 0.863. The molecule has 0 radical (unpaired) electrons. The van der Waals surface area contributed by atoms with Crippen molar-refractivity contribution in [1.82, 2.24) is 4.90 Å². The highest BCUT2D eigenvalue weighted by Crippen LogP contribution is 2.25. The van der Waals surface area contributed by atoms with E-state index in [1.54, 1.807) is 11.3 Å². The Morgan fingerprint density at radius 1 is 1.32 bits per heavy atom. The Morgan fingerprint density at radius 3 is 2.95 bits per heavy atom. The summed E-state index contributed by atoms with van der Waals surface area (Å²) in [4.78, 5) is 15.7. The van der Waals surface area contributed by atoms with Gasteiger partial charge in [-0.1, -0.05) is 30.3 Å². The minimum Gasteiger partial charge on any atom is -0.370 e. The Balaban J connectivity index is 1.60. The van der Waals surface area contributed by atoms with Crippen molar-refractivity contribution < 1.29 is 9.53 Å². The number of morpholine rings is 1. The average molecular weight is 315 g/mol. The van der Waals surface area contributed by atoms with E-state index >= 15 is 0 Å². The number of benzene rings is 1. The van der Waals surface area contributed by atoms with Gasteiger partial charge in [-0.3, -0.25) is 4.79 Å². The summed E-state index contributed by atoms with van der Waals surface area (Å²) in [6.07, 6.45) is 1.42. The molecule has 4 heteroatoms. The molecule has 1 unspecified atom stereocenters. The molecule has 116 valence electrons. The number of amides is 1. The predicted molar refractivity (Wildman–Crippen MR) is 89.1 cm³/mol. The second-order valence-electron chi connectivity index (χ2n) is 5.64. The molecule has 3 rings (SSSR count). The summed E-state index contributed by atoms with van der Waals surface area (Å²) in [7, 11) is 0. The first-order chi connectivity index (χ1) is 10.7. The molecule has 0 N–H and O–H groups in total. The first kappa shape index (κ1) is 15.3. The van der Waals surface area contributed by atoms with Crippen molar-refractivity contribution in [2.45, 2.75) is 25.9 Å². The molecule has 0 spiro atoms. The summed E-state index contributed by atoms with van der Waals surface area (Å²) < 4.78 is 5.88. The fourth-order valence-electron chi connectivity index (χ4n) is 2.86. The van der Waals surface area contributed by atoms with Crippen LogP contribution in [0.3, 0.4) is 0 Å². The average Bonchev–Trinajstić information content (AvgIpc) is 3.06. The van der Waals surface area contributed by atoms with Crippen molar-refractivity contribution >= 4 is 17.2 Å². The maximum absolute atomic E-state index is 12.4. The van der Waals surface area contributed by atoms with Gasteiger partial charge in [-0.2, -0.15) is 0 Å². The number of aryl methyl sites for hydroxylation is 2. The SMILES string of the molecule is Cc1ccccc1C1CN(C(=O)CCc2cccs2)CCO1. The lowest BCUT2D eigenvalue weighted by atomic mass is 10.0. The van der Waals surface area contributed by atoms with Gasteiger partial charge in [-0.15, -0.1) is 11.3 Å². The van der Waals surface area contributed by atoms with Gasteiger partial charge in [-0.25, -0.2) is 0 Å². The zero-order valence-corrected chi connectivity index (χ0v) is 13.6. The molecule has 0 bridgehead atoms. The highest BCUT2D eigenvalue weighted by atomic mass is 32.1. The molecular weight excluding hydrogens is 294 g/mol. The van der Waals surface area contributed by atoms with Crippen LogP contribution in [-0.2, 0) is 16.0 Å². The Bertz CT molecular complexity index is 624. The Kier molecular flexibility index (Phi) is 4.90. The zero-order valence-electron chi connectivity index (χ0n) is 12.8. The number of ether oxygens (including phenoxy) is 1. The molecule has 2 aromatic rings. The number of carbonyl (C=O) groups excluding carboxylic acids is 1. The molecule has 1 aliphatic heterocycles. The molecule has 3 nitrogen and oxygen atoms in total. The normalized spacial score (nSPS) is 18.4. The number of nitrogens with zero attached hydrogens (tertiary/aromatic N) is 1. The van der Waals surface area contributed by atoms with Crippen LogP contribution < -0.4 is 0 Å². The van der Waals surface area contributed by atoms with Gasteiger partial charge >= 0.3 is 0 Å². The third-order valence-electron chi connectivity index (χ3n) is 4.12. The van der Waals surface area contributed by atoms with Gasteiger partial charge in [0.05, 0.1) is 13.2 Å². The first-order valence-electron chi connectivity index (χ1n) is 7.71. The van der Waals surface area contributed by atoms with E-state index in [4.69, 9.17) is 4.74 Å². The van der Waals surface area contributed by atoms with E-state index < -0.39 is 0 Å². The van der Waals surface area contributed by atoms with Gasteiger partial charge in [0.1, 0.15) is 6.10 Å². The first-order valence-corrected chi connectivity index (χ1v) is 8.59. The van der Waals surface area contributed by atoms with E-state index in [-0.39, 0.29) is 12.0 Å². The largest absolute Gasteiger partial charge is 0.370 e. The van der Waals surface area contributed by atoms with Crippen LogP contribution in [-0.4, -0.2) is 30.5 Å². The van der Waals surface area contributed by atoms with Gasteiger partial charge in [0.2, 0.25) is 5.91 Å². The lowest BCUT2D eigenvalue weighted by Crippen LogP contribution is -2.42. The van der Waals surface area contributed by atoms with Crippen molar-refractivity contribution in [3.8, 4) is 0 Å². The van der Waals surface area contributed by atoms with Crippen LogP contribution in [0.1, 0.15) is 28.5 Å². The third kappa shape index (κ3) is 3.57. The monoisotopic (exact) mass is 315 g/mol. The molecule has 1 amide bonds. The zero-order chi connectivity index (χ0) is 15.4. The molecule has 1 saturated heterocycles. The number of hydrogen-bond acceptors (Lipinski definition) is 3. The number of hydrogen-bond donors (Lipinski definition) is 0. The van der Waals surface area contributed by atoms with Gasteiger partial charge < -0.3 is 9.64 Å². The molecule has 1 aromatic carbocycles. The van der Waals surface area contributed by atoms with E-state index in [9.17, 15) is 4.79 Å². The fourth-order valence-corrected chi connectivity index (χ4v) is 3.56. The summed E-state index contributed by atoms with van der Waals surface area (Å²) >= 11 is 1.72. The third-order valence-corrected chi connectivity index (χ3v) is 5.06. The standard InChI is InChI=1S/C18H21NO2S/c1-14-5-2-3-7-16(14)17-13-19(10-11-21-17)18(20)9-8-15-6-4-12-22-15/h2-7,12,17H,8-11,13H2,1H3. The molecule has 1 fully saturated rings. The van der Waals surface area contributed by atoms with Crippen LogP contribution in [0.25, 0.3) is 0 Å². The topological polar surface area (TPSA) is 29.5 Å². The second kappa shape index (κ2) is 7.07. The smallest absolute Gasteiger partial charge is 0.223 e. The van der Waals surface area contributed by atoms with E-state index in [0.717, 1.165) is 6.42 Å². The Hall–Kier alpha value is -1.65. The highest BCUT2D eigenvalue weighted by molar-refractivity contribution is 7.09. The summed E-state index contributed by atoms with van der Waals surface area (Å²) in [6.45, 7) is 4.07. The Morgan fingerprint density at radius 2 is 2.18 bits per heavy atom. The molecular formula is C18H21NO2S. The van der Waals surface area contributed by atoms with Gasteiger partial charge in [0.25, 0.3) is 0 Å². The van der Waals surface area contributed by atoms with E-state index in [1.165, 1.54) is 16.0 Å².